The summed E-state index contributed by atoms with van der Waals surface area (Å²) in [6.45, 7) is 0. The number of methoxy groups -OCH3 is 2. The van der Waals surface area contributed by atoms with Gasteiger partial charge in [-0.2, -0.15) is 0 Å². The molecule has 0 amide bonds. The fraction of sp³-hybridized carbons (Fsp3) is 0.0952. The number of benzene rings is 2. The van der Waals surface area contributed by atoms with Crippen molar-refractivity contribution in [1.82, 2.24) is 0 Å². The SMILES string of the molecule is COc1ccc(C(=O)c2ccc(C#Cc3ccc(Br)cc3)s2)cc1OC. The van der Waals surface area contributed by atoms with Crippen LogP contribution in [0.25, 0.3) is 0 Å². The van der Waals surface area contributed by atoms with E-state index in [0.717, 1.165) is 14.9 Å². The maximum atomic E-state index is 12.7. The van der Waals surface area contributed by atoms with Gasteiger partial charge in [0, 0.05) is 15.6 Å². The van der Waals surface area contributed by atoms with Crippen LogP contribution >= 0.6 is 27.3 Å². The number of rotatable bonds is 4. The van der Waals surface area contributed by atoms with E-state index in [0.29, 0.717) is 21.9 Å². The van der Waals surface area contributed by atoms with Crippen LogP contribution in [0.5, 0.6) is 11.5 Å². The third kappa shape index (κ3) is 4.16. The molecule has 26 heavy (non-hydrogen) atoms. The maximum Gasteiger partial charge on any atom is 0.203 e. The Hall–Kier alpha value is -2.55. The molecule has 0 saturated carbocycles. The molecule has 3 rings (SSSR count). The Labute approximate surface area is 164 Å². The first-order chi connectivity index (χ1) is 12.6. The van der Waals surface area contributed by atoms with E-state index in [9.17, 15) is 4.79 Å². The molecule has 0 unspecified atom stereocenters. The fourth-order valence-electron chi connectivity index (χ4n) is 2.31. The van der Waals surface area contributed by atoms with Gasteiger partial charge in [0.2, 0.25) is 5.78 Å². The third-order valence-corrected chi connectivity index (χ3v) is 5.18. The van der Waals surface area contributed by atoms with Crippen molar-refractivity contribution in [2.45, 2.75) is 0 Å². The highest BCUT2D eigenvalue weighted by Gasteiger charge is 2.14. The number of ether oxygens (including phenoxy) is 2. The van der Waals surface area contributed by atoms with Gasteiger partial charge in [-0.05, 0) is 54.6 Å². The molecular weight excluding hydrogens is 412 g/mol. The summed E-state index contributed by atoms with van der Waals surface area (Å²) in [7, 11) is 3.11. The zero-order chi connectivity index (χ0) is 18.5. The van der Waals surface area contributed by atoms with E-state index in [-0.39, 0.29) is 5.78 Å². The second kappa shape index (κ2) is 8.22. The van der Waals surface area contributed by atoms with Gasteiger partial charge in [-0.25, -0.2) is 0 Å². The largest absolute Gasteiger partial charge is 0.493 e. The summed E-state index contributed by atoms with van der Waals surface area (Å²) >= 11 is 4.78. The minimum absolute atomic E-state index is 0.0624. The molecule has 0 aliphatic carbocycles. The summed E-state index contributed by atoms with van der Waals surface area (Å²) in [5.41, 5.74) is 1.48. The topological polar surface area (TPSA) is 35.5 Å². The Morgan fingerprint density at radius 2 is 1.65 bits per heavy atom. The molecule has 0 aliphatic heterocycles. The molecular formula is C21H15BrO3S. The van der Waals surface area contributed by atoms with Gasteiger partial charge < -0.3 is 9.47 Å². The molecule has 3 nitrogen and oxygen atoms in total. The van der Waals surface area contributed by atoms with Crippen molar-refractivity contribution >= 4 is 33.0 Å². The molecule has 0 radical (unpaired) electrons. The number of hydrogen-bond acceptors (Lipinski definition) is 4. The third-order valence-electron chi connectivity index (χ3n) is 3.65. The van der Waals surface area contributed by atoms with Crippen LogP contribution < -0.4 is 9.47 Å². The minimum atomic E-state index is -0.0624. The van der Waals surface area contributed by atoms with Gasteiger partial charge in [0.05, 0.1) is 24.0 Å². The van der Waals surface area contributed by atoms with Crippen molar-refractivity contribution in [2.75, 3.05) is 14.2 Å². The number of thiophene rings is 1. The number of ketones is 1. The lowest BCUT2D eigenvalue weighted by Crippen LogP contribution is -2.00. The smallest absolute Gasteiger partial charge is 0.203 e. The average Bonchev–Trinajstić information content (AvgIpc) is 3.15. The van der Waals surface area contributed by atoms with Crippen molar-refractivity contribution in [1.29, 1.82) is 0 Å². The van der Waals surface area contributed by atoms with E-state index in [1.807, 2.05) is 30.3 Å². The molecule has 1 aromatic heterocycles. The molecule has 3 aromatic rings. The summed E-state index contributed by atoms with van der Waals surface area (Å²) in [6.07, 6.45) is 0. The van der Waals surface area contributed by atoms with E-state index in [1.165, 1.54) is 11.3 Å². The van der Waals surface area contributed by atoms with Crippen LogP contribution in [0.4, 0.5) is 0 Å². The zero-order valence-corrected chi connectivity index (χ0v) is 16.6. The Kier molecular flexibility index (Phi) is 5.77. The Morgan fingerprint density at radius 3 is 2.35 bits per heavy atom. The monoisotopic (exact) mass is 426 g/mol. The van der Waals surface area contributed by atoms with E-state index in [4.69, 9.17) is 9.47 Å². The van der Waals surface area contributed by atoms with Gasteiger partial charge in [0.25, 0.3) is 0 Å². The molecule has 0 N–H and O–H groups in total. The Balaban J connectivity index is 1.81. The quantitative estimate of drug-likeness (QED) is 0.426. The van der Waals surface area contributed by atoms with Gasteiger partial charge >= 0.3 is 0 Å². The predicted molar refractivity (Wildman–Crippen MR) is 107 cm³/mol. The van der Waals surface area contributed by atoms with Crippen LogP contribution in [0, 0.1) is 11.8 Å². The number of halogens is 1. The molecule has 0 fully saturated rings. The highest BCUT2D eigenvalue weighted by Crippen LogP contribution is 2.29. The minimum Gasteiger partial charge on any atom is -0.493 e. The number of carbonyl (C=O) groups is 1. The lowest BCUT2D eigenvalue weighted by atomic mass is 10.1. The number of hydrogen-bond donors (Lipinski definition) is 0. The Bertz CT molecular complexity index is 994. The molecule has 0 spiro atoms. The van der Waals surface area contributed by atoms with Crippen LogP contribution in [-0.4, -0.2) is 20.0 Å². The second-order valence-electron chi connectivity index (χ2n) is 5.32. The first kappa shape index (κ1) is 18.2. The van der Waals surface area contributed by atoms with Crippen LogP contribution in [0.3, 0.4) is 0 Å². The van der Waals surface area contributed by atoms with Gasteiger partial charge in [-0.15, -0.1) is 11.3 Å². The highest BCUT2D eigenvalue weighted by molar-refractivity contribution is 9.10. The normalized spacial score (nSPS) is 9.96. The van der Waals surface area contributed by atoms with Crippen LogP contribution in [0.2, 0.25) is 0 Å². The van der Waals surface area contributed by atoms with E-state index in [2.05, 4.69) is 27.8 Å². The lowest BCUT2D eigenvalue weighted by Gasteiger charge is -2.08. The van der Waals surface area contributed by atoms with Gasteiger partial charge in [-0.3, -0.25) is 4.79 Å². The predicted octanol–water partition coefficient (Wildman–Crippen LogP) is 5.16. The van der Waals surface area contributed by atoms with Crippen molar-refractivity contribution in [3.05, 3.63) is 80.0 Å². The van der Waals surface area contributed by atoms with Crippen molar-refractivity contribution in [3.63, 3.8) is 0 Å². The molecule has 130 valence electrons. The van der Waals surface area contributed by atoms with Gasteiger partial charge in [0.15, 0.2) is 11.5 Å². The molecule has 0 atom stereocenters. The highest BCUT2D eigenvalue weighted by atomic mass is 79.9. The molecule has 0 aliphatic rings. The second-order valence-corrected chi connectivity index (χ2v) is 7.32. The zero-order valence-electron chi connectivity index (χ0n) is 14.2. The first-order valence-electron chi connectivity index (χ1n) is 7.75. The van der Waals surface area contributed by atoms with Crippen molar-refractivity contribution in [3.8, 4) is 23.3 Å². The number of carbonyl (C=O) groups excluding carboxylic acids is 1. The van der Waals surface area contributed by atoms with Crippen molar-refractivity contribution in [2.24, 2.45) is 0 Å². The molecule has 1 heterocycles. The van der Waals surface area contributed by atoms with Gasteiger partial charge in [0.1, 0.15) is 0 Å². The van der Waals surface area contributed by atoms with E-state index < -0.39 is 0 Å². The van der Waals surface area contributed by atoms with Crippen LogP contribution in [0.1, 0.15) is 25.7 Å². The summed E-state index contributed by atoms with van der Waals surface area (Å²) in [6, 6.07) is 16.6. The molecule has 5 heteroatoms. The maximum absolute atomic E-state index is 12.7. The standard InChI is InChI=1S/C21H15BrO3S/c1-24-18-11-6-15(13-19(18)25-2)21(23)20-12-10-17(26-20)9-5-14-3-7-16(22)8-4-14/h3-4,6-8,10-13H,1-2H3. The van der Waals surface area contributed by atoms with Crippen molar-refractivity contribution < 1.29 is 14.3 Å². The molecule has 0 bridgehead atoms. The molecule has 2 aromatic carbocycles. The Morgan fingerprint density at radius 1 is 0.923 bits per heavy atom. The molecule has 0 saturated heterocycles. The summed E-state index contributed by atoms with van der Waals surface area (Å²) in [5, 5.41) is 0. The van der Waals surface area contributed by atoms with Gasteiger partial charge in [-0.1, -0.05) is 27.8 Å². The summed E-state index contributed by atoms with van der Waals surface area (Å²) in [5.74, 6) is 7.27. The summed E-state index contributed by atoms with van der Waals surface area (Å²) in [4.78, 5) is 14.2. The van der Waals surface area contributed by atoms with Crippen LogP contribution in [-0.2, 0) is 0 Å². The lowest BCUT2D eigenvalue weighted by molar-refractivity contribution is 0.104. The van der Waals surface area contributed by atoms with Crippen LogP contribution in [0.15, 0.2) is 59.1 Å². The van der Waals surface area contributed by atoms with E-state index in [1.54, 1.807) is 38.5 Å². The first-order valence-corrected chi connectivity index (χ1v) is 9.36. The summed E-state index contributed by atoms with van der Waals surface area (Å²) < 4.78 is 11.5. The fourth-order valence-corrected chi connectivity index (χ4v) is 3.40. The van der Waals surface area contributed by atoms with E-state index >= 15 is 0 Å². The average molecular weight is 427 g/mol.